The molecular formula is C15H15N5O4S. The van der Waals surface area contributed by atoms with Gasteiger partial charge in [0.15, 0.2) is 5.69 Å². The van der Waals surface area contributed by atoms with Crippen molar-refractivity contribution in [3.8, 4) is 0 Å². The van der Waals surface area contributed by atoms with Crippen molar-refractivity contribution in [1.29, 1.82) is 0 Å². The molecule has 1 aromatic heterocycles. The highest BCUT2D eigenvalue weighted by atomic mass is 32.2. The lowest BCUT2D eigenvalue weighted by molar-refractivity contribution is -0.122. The average molecular weight is 361 g/mol. The molecule has 9 nitrogen and oxygen atoms in total. The summed E-state index contributed by atoms with van der Waals surface area (Å²) in [5.41, 5.74) is 4.15. The first-order valence-electron chi connectivity index (χ1n) is 7.54. The van der Waals surface area contributed by atoms with E-state index in [1.807, 2.05) is 0 Å². The minimum atomic E-state index is -0.645. The van der Waals surface area contributed by atoms with Crippen molar-refractivity contribution >= 4 is 39.6 Å². The van der Waals surface area contributed by atoms with Crippen LogP contribution in [0.2, 0.25) is 0 Å². The highest BCUT2D eigenvalue weighted by molar-refractivity contribution is 8.13. The lowest BCUT2D eigenvalue weighted by atomic mass is 10.1. The third-order valence-corrected chi connectivity index (χ3v) is 4.57. The van der Waals surface area contributed by atoms with Gasteiger partial charge in [0, 0.05) is 30.6 Å². The van der Waals surface area contributed by atoms with Crippen LogP contribution in [0.25, 0.3) is 10.8 Å². The van der Waals surface area contributed by atoms with Crippen molar-refractivity contribution in [2.75, 3.05) is 18.8 Å². The summed E-state index contributed by atoms with van der Waals surface area (Å²) in [6, 6.07) is 6.55. The first-order valence-corrected chi connectivity index (χ1v) is 8.53. The van der Waals surface area contributed by atoms with E-state index >= 15 is 0 Å². The predicted octanol–water partition coefficient (Wildman–Crippen LogP) is 0.243. The maximum Gasteiger partial charge on any atom is 0.290 e. The van der Waals surface area contributed by atoms with E-state index in [2.05, 4.69) is 21.0 Å². The minimum absolute atomic E-state index is 0.00150. The number of rotatable bonds is 4. The second kappa shape index (κ2) is 7.34. The number of aromatic amines is 1. The average Bonchev–Trinajstić information content (AvgIpc) is 3.03. The van der Waals surface area contributed by atoms with Gasteiger partial charge in [0.25, 0.3) is 16.7 Å². The highest BCUT2D eigenvalue weighted by Gasteiger charge is 2.21. The van der Waals surface area contributed by atoms with Crippen molar-refractivity contribution in [3.63, 3.8) is 0 Å². The van der Waals surface area contributed by atoms with Gasteiger partial charge in [-0.15, -0.1) is 0 Å². The van der Waals surface area contributed by atoms with Gasteiger partial charge < -0.3 is 4.90 Å². The quantitative estimate of drug-likeness (QED) is 0.670. The number of hydrogen-bond donors (Lipinski definition) is 3. The molecule has 3 amide bonds. The Kier molecular flexibility index (Phi) is 4.98. The Labute approximate surface area is 146 Å². The normalized spacial score (nSPS) is 13.9. The summed E-state index contributed by atoms with van der Waals surface area (Å²) in [5.74, 6) is -0.345. The van der Waals surface area contributed by atoms with E-state index in [1.165, 1.54) is 11.8 Å². The third kappa shape index (κ3) is 3.79. The highest BCUT2D eigenvalue weighted by Crippen LogP contribution is 2.17. The molecule has 1 saturated heterocycles. The molecule has 10 heteroatoms. The van der Waals surface area contributed by atoms with Crippen LogP contribution in [0.15, 0.2) is 29.1 Å². The molecule has 3 N–H and O–H groups in total. The van der Waals surface area contributed by atoms with E-state index < -0.39 is 17.4 Å². The van der Waals surface area contributed by atoms with Crippen LogP contribution >= 0.6 is 11.8 Å². The van der Waals surface area contributed by atoms with E-state index in [-0.39, 0.29) is 17.4 Å². The molecule has 0 saturated carbocycles. The second-order valence-electron chi connectivity index (χ2n) is 5.30. The second-order valence-corrected chi connectivity index (χ2v) is 6.35. The number of hydrogen-bond acceptors (Lipinski definition) is 6. The molecule has 130 valence electrons. The summed E-state index contributed by atoms with van der Waals surface area (Å²) in [4.78, 5) is 48.8. The smallest absolute Gasteiger partial charge is 0.290 e. The van der Waals surface area contributed by atoms with Crippen LogP contribution in [0.1, 0.15) is 16.9 Å². The van der Waals surface area contributed by atoms with Gasteiger partial charge in [0.2, 0.25) is 5.91 Å². The number of aromatic nitrogens is 2. The summed E-state index contributed by atoms with van der Waals surface area (Å²) in [6.45, 7) is 0.920. The van der Waals surface area contributed by atoms with Crippen LogP contribution in [0.5, 0.6) is 0 Å². The monoisotopic (exact) mass is 361 g/mol. The van der Waals surface area contributed by atoms with Crippen molar-refractivity contribution in [2.24, 2.45) is 0 Å². The number of fused-ring (bicyclic) bond motifs is 1. The van der Waals surface area contributed by atoms with Crippen molar-refractivity contribution in [2.45, 2.75) is 6.42 Å². The van der Waals surface area contributed by atoms with Crippen LogP contribution in [-0.4, -0.2) is 51.0 Å². The Morgan fingerprint density at radius 3 is 2.68 bits per heavy atom. The number of benzene rings is 1. The number of hydrazine groups is 1. The number of carbonyl (C=O) groups is 3. The van der Waals surface area contributed by atoms with E-state index in [0.717, 1.165) is 5.75 Å². The van der Waals surface area contributed by atoms with E-state index in [0.29, 0.717) is 23.9 Å². The fourth-order valence-electron chi connectivity index (χ4n) is 2.40. The Hall–Kier alpha value is -2.88. The molecule has 1 fully saturated rings. The van der Waals surface area contributed by atoms with Crippen molar-refractivity contribution in [1.82, 2.24) is 25.9 Å². The number of thioether (sulfide) groups is 1. The molecule has 25 heavy (non-hydrogen) atoms. The van der Waals surface area contributed by atoms with Gasteiger partial charge in [-0.1, -0.05) is 30.0 Å². The number of nitrogens with zero attached hydrogens (tertiary/aromatic N) is 2. The number of H-pyrrole nitrogens is 1. The zero-order valence-electron chi connectivity index (χ0n) is 13.1. The molecule has 2 aromatic rings. The van der Waals surface area contributed by atoms with Crippen LogP contribution < -0.4 is 16.4 Å². The van der Waals surface area contributed by atoms with Crippen LogP contribution in [0.4, 0.5) is 4.79 Å². The molecule has 0 unspecified atom stereocenters. The number of carbonyl (C=O) groups excluding carboxylic acids is 3. The third-order valence-electron chi connectivity index (χ3n) is 3.68. The molecule has 3 rings (SSSR count). The Morgan fingerprint density at radius 1 is 1.20 bits per heavy atom. The Balaban J connectivity index is 1.59. The van der Waals surface area contributed by atoms with Gasteiger partial charge >= 0.3 is 0 Å². The Bertz CT molecular complexity index is 897. The van der Waals surface area contributed by atoms with Gasteiger partial charge in [0.1, 0.15) is 0 Å². The zero-order chi connectivity index (χ0) is 17.8. The fourth-order valence-corrected chi connectivity index (χ4v) is 3.25. The van der Waals surface area contributed by atoms with Crippen LogP contribution in [-0.2, 0) is 4.79 Å². The molecule has 1 aliphatic heterocycles. The summed E-state index contributed by atoms with van der Waals surface area (Å²) in [7, 11) is 0. The standard InChI is InChI=1S/C15H15N5O4S/c21-11(5-6-20-7-8-25-15(20)24)16-19-14(23)12-9-3-1-2-4-10(9)13(22)18-17-12/h1-4H,5-8H2,(H,16,21)(H,18,22)(H,19,23). The van der Waals surface area contributed by atoms with Gasteiger partial charge in [0.05, 0.1) is 5.39 Å². The molecule has 0 bridgehead atoms. The van der Waals surface area contributed by atoms with Gasteiger partial charge in [-0.3, -0.25) is 30.0 Å². The molecule has 1 aromatic carbocycles. The predicted molar refractivity (Wildman–Crippen MR) is 92.0 cm³/mol. The van der Waals surface area contributed by atoms with Crippen LogP contribution in [0, 0.1) is 0 Å². The lowest BCUT2D eigenvalue weighted by Gasteiger charge is -2.14. The summed E-state index contributed by atoms with van der Waals surface area (Å²) in [5, 5.41) is 6.68. The summed E-state index contributed by atoms with van der Waals surface area (Å²) >= 11 is 1.22. The topological polar surface area (TPSA) is 124 Å². The minimum Gasteiger partial charge on any atom is -0.332 e. The van der Waals surface area contributed by atoms with E-state index in [9.17, 15) is 19.2 Å². The summed E-state index contributed by atoms with van der Waals surface area (Å²) < 4.78 is 0. The van der Waals surface area contributed by atoms with Crippen LogP contribution in [0.3, 0.4) is 0 Å². The van der Waals surface area contributed by atoms with Gasteiger partial charge in [-0.05, 0) is 6.07 Å². The SMILES string of the molecule is O=C(CCN1CCSC1=O)NNC(=O)c1n[nH]c(=O)c2ccccc12. The molecule has 0 spiro atoms. The number of nitrogens with one attached hydrogen (secondary N) is 3. The molecule has 0 radical (unpaired) electrons. The van der Waals surface area contributed by atoms with Gasteiger partial charge in [-0.25, -0.2) is 5.10 Å². The molecule has 2 heterocycles. The maximum absolute atomic E-state index is 12.2. The van der Waals surface area contributed by atoms with Crippen molar-refractivity contribution in [3.05, 3.63) is 40.3 Å². The first kappa shape index (κ1) is 17.0. The summed E-state index contributed by atoms with van der Waals surface area (Å²) in [6.07, 6.45) is 0.0758. The maximum atomic E-state index is 12.2. The fraction of sp³-hybridized carbons (Fsp3) is 0.267. The van der Waals surface area contributed by atoms with E-state index in [4.69, 9.17) is 0 Å². The lowest BCUT2D eigenvalue weighted by Crippen LogP contribution is -2.43. The molecule has 1 aliphatic rings. The Morgan fingerprint density at radius 2 is 1.96 bits per heavy atom. The molecule has 0 atom stereocenters. The first-order chi connectivity index (χ1) is 12.1. The largest absolute Gasteiger partial charge is 0.332 e. The zero-order valence-corrected chi connectivity index (χ0v) is 13.9. The molecular weight excluding hydrogens is 346 g/mol. The number of amides is 3. The van der Waals surface area contributed by atoms with Crippen molar-refractivity contribution < 1.29 is 14.4 Å². The molecule has 0 aliphatic carbocycles. The van der Waals surface area contributed by atoms with E-state index in [1.54, 1.807) is 29.2 Å². The van der Waals surface area contributed by atoms with Gasteiger partial charge in [-0.2, -0.15) is 5.10 Å².